The summed E-state index contributed by atoms with van der Waals surface area (Å²) >= 11 is 0. The fraction of sp³-hybridized carbons (Fsp3) is 0.286. The number of carbonyl (C=O) groups is 2. The molecular weight excluding hydrogens is 443 g/mol. The number of halogens is 1. The summed E-state index contributed by atoms with van der Waals surface area (Å²) in [5.74, 6) is -0.788. The molecule has 5 N–H and O–H groups in total. The zero-order valence-electron chi connectivity index (χ0n) is 19.8. The van der Waals surface area contributed by atoms with Crippen molar-refractivity contribution in [3.8, 4) is 11.1 Å². The van der Waals surface area contributed by atoms with Crippen molar-refractivity contribution in [1.29, 1.82) is 0 Å². The number of primary amides is 1. The van der Waals surface area contributed by atoms with Crippen LogP contribution in [-0.4, -0.2) is 23.4 Å². The summed E-state index contributed by atoms with van der Waals surface area (Å²) in [5, 5.41) is 3.12. The van der Waals surface area contributed by atoms with Gasteiger partial charge in [0, 0.05) is 19.5 Å². The SMILES string of the molecule is CC(c1ccc(-c2ccc(CN)cc2)cc1)N1CCC(CCC(N)=O)(c2ccc(F)cc2)NC1=O. The van der Waals surface area contributed by atoms with E-state index in [2.05, 4.69) is 29.6 Å². The molecule has 1 heterocycles. The molecule has 0 saturated carbocycles. The van der Waals surface area contributed by atoms with Crippen LogP contribution < -0.4 is 16.8 Å². The number of hydrogen-bond donors (Lipinski definition) is 3. The Morgan fingerprint density at radius 1 is 1.03 bits per heavy atom. The molecule has 2 unspecified atom stereocenters. The molecule has 0 spiro atoms. The third-order valence-electron chi connectivity index (χ3n) is 6.97. The van der Waals surface area contributed by atoms with Gasteiger partial charge in [0.25, 0.3) is 0 Å². The van der Waals surface area contributed by atoms with Crippen molar-refractivity contribution in [3.05, 3.63) is 95.3 Å². The molecule has 1 fully saturated rings. The van der Waals surface area contributed by atoms with Crippen molar-refractivity contribution in [2.75, 3.05) is 6.54 Å². The van der Waals surface area contributed by atoms with Gasteiger partial charge >= 0.3 is 6.03 Å². The molecule has 1 aliphatic rings. The zero-order valence-corrected chi connectivity index (χ0v) is 19.8. The highest BCUT2D eigenvalue weighted by molar-refractivity contribution is 5.78. The van der Waals surface area contributed by atoms with E-state index >= 15 is 0 Å². The van der Waals surface area contributed by atoms with E-state index in [1.165, 1.54) is 12.1 Å². The number of nitrogens with one attached hydrogen (secondary N) is 1. The lowest BCUT2D eigenvalue weighted by Crippen LogP contribution is -2.58. The summed E-state index contributed by atoms with van der Waals surface area (Å²) in [7, 11) is 0. The second-order valence-corrected chi connectivity index (χ2v) is 9.13. The van der Waals surface area contributed by atoms with Crippen molar-refractivity contribution < 1.29 is 14.0 Å². The van der Waals surface area contributed by atoms with Crippen LogP contribution in [0.25, 0.3) is 11.1 Å². The van der Waals surface area contributed by atoms with E-state index in [9.17, 15) is 14.0 Å². The maximum Gasteiger partial charge on any atom is 0.318 e. The van der Waals surface area contributed by atoms with Crippen LogP contribution in [0.2, 0.25) is 0 Å². The smallest absolute Gasteiger partial charge is 0.318 e. The first-order chi connectivity index (χ1) is 16.8. The molecule has 6 nitrogen and oxygen atoms in total. The summed E-state index contributed by atoms with van der Waals surface area (Å²) in [4.78, 5) is 26.6. The fourth-order valence-corrected chi connectivity index (χ4v) is 4.74. The number of nitrogens with two attached hydrogens (primary N) is 2. The number of urea groups is 1. The van der Waals surface area contributed by atoms with Crippen molar-refractivity contribution in [1.82, 2.24) is 10.2 Å². The Labute approximate surface area is 205 Å². The van der Waals surface area contributed by atoms with Gasteiger partial charge < -0.3 is 21.7 Å². The van der Waals surface area contributed by atoms with Crippen LogP contribution in [0.15, 0.2) is 72.8 Å². The van der Waals surface area contributed by atoms with Gasteiger partial charge in [0.05, 0.1) is 11.6 Å². The Morgan fingerprint density at radius 2 is 1.63 bits per heavy atom. The summed E-state index contributed by atoms with van der Waals surface area (Å²) in [6.45, 7) is 3.00. The van der Waals surface area contributed by atoms with E-state index in [1.54, 1.807) is 17.0 Å². The second-order valence-electron chi connectivity index (χ2n) is 9.13. The summed E-state index contributed by atoms with van der Waals surface area (Å²) in [5.41, 5.74) is 15.4. The van der Waals surface area contributed by atoms with E-state index in [4.69, 9.17) is 11.5 Å². The Morgan fingerprint density at radius 3 is 2.17 bits per heavy atom. The molecule has 35 heavy (non-hydrogen) atoms. The van der Waals surface area contributed by atoms with Crippen LogP contribution >= 0.6 is 0 Å². The van der Waals surface area contributed by atoms with Gasteiger partial charge in [-0.05, 0) is 59.7 Å². The van der Waals surface area contributed by atoms with Crippen LogP contribution in [0.4, 0.5) is 9.18 Å². The van der Waals surface area contributed by atoms with Gasteiger partial charge in [0.15, 0.2) is 0 Å². The van der Waals surface area contributed by atoms with Gasteiger partial charge in [0.2, 0.25) is 5.91 Å². The van der Waals surface area contributed by atoms with Crippen molar-refractivity contribution in [2.45, 2.75) is 44.3 Å². The standard InChI is InChI=1S/C28H31FN4O2/c1-19(21-6-8-23(9-7-21)22-4-2-20(18-30)3-5-22)33-17-16-28(32-27(33)35,15-14-26(31)34)24-10-12-25(29)13-11-24/h2-13,19H,14-18,30H2,1H3,(H2,31,34)(H,32,35). The predicted octanol–water partition coefficient (Wildman–Crippen LogP) is 4.59. The molecule has 182 valence electrons. The molecule has 0 bridgehead atoms. The average Bonchev–Trinajstić information content (AvgIpc) is 2.88. The van der Waals surface area contributed by atoms with E-state index in [0.29, 0.717) is 25.9 Å². The minimum absolute atomic E-state index is 0.126. The van der Waals surface area contributed by atoms with Gasteiger partial charge in [-0.25, -0.2) is 9.18 Å². The van der Waals surface area contributed by atoms with E-state index in [0.717, 1.165) is 27.8 Å². The molecule has 1 saturated heterocycles. The third-order valence-corrected chi connectivity index (χ3v) is 6.97. The number of benzene rings is 3. The zero-order chi connectivity index (χ0) is 25.0. The number of carbonyl (C=O) groups excluding carboxylic acids is 2. The highest BCUT2D eigenvalue weighted by atomic mass is 19.1. The number of nitrogens with zero attached hydrogens (tertiary/aromatic N) is 1. The monoisotopic (exact) mass is 474 g/mol. The Hall–Kier alpha value is -3.71. The average molecular weight is 475 g/mol. The van der Waals surface area contributed by atoms with E-state index < -0.39 is 11.4 Å². The van der Waals surface area contributed by atoms with Crippen molar-refractivity contribution >= 4 is 11.9 Å². The lowest BCUT2D eigenvalue weighted by atomic mass is 9.80. The topological polar surface area (TPSA) is 101 Å². The minimum Gasteiger partial charge on any atom is -0.370 e. The van der Waals surface area contributed by atoms with Crippen LogP contribution in [0.3, 0.4) is 0 Å². The molecule has 3 aromatic rings. The normalized spacial score (nSPS) is 18.7. The van der Waals surface area contributed by atoms with Crippen LogP contribution in [0.5, 0.6) is 0 Å². The number of amides is 3. The first kappa shape index (κ1) is 24.4. The van der Waals surface area contributed by atoms with Crippen molar-refractivity contribution in [2.24, 2.45) is 11.5 Å². The van der Waals surface area contributed by atoms with Gasteiger partial charge in [-0.15, -0.1) is 0 Å². The molecule has 4 rings (SSSR count). The third kappa shape index (κ3) is 5.35. The first-order valence-corrected chi connectivity index (χ1v) is 11.8. The van der Waals surface area contributed by atoms with E-state index in [1.807, 2.05) is 31.2 Å². The first-order valence-electron chi connectivity index (χ1n) is 11.8. The quantitative estimate of drug-likeness (QED) is 0.445. The molecular formula is C28H31FN4O2. The van der Waals surface area contributed by atoms with Crippen molar-refractivity contribution in [3.63, 3.8) is 0 Å². The Kier molecular flexibility index (Phi) is 7.17. The summed E-state index contributed by atoms with van der Waals surface area (Å²) < 4.78 is 13.5. The van der Waals surface area contributed by atoms with E-state index in [-0.39, 0.29) is 24.3 Å². The molecule has 2 atom stereocenters. The van der Waals surface area contributed by atoms with Gasteiger partial charge in [-0.1, -0.05) is 60.7 Å². The molecule has 3 amide bonds. The minimum atomic E-state index is -0.768. The Bertz CT molecular complexity index is 1180. The largest absolute Gasteiger partial charge is 0.370 e. The number of rotatable bonds is 8. The van der Waals surface area contributed by atoms with Gasteiger partial charge in [-0.2, -0.15) is 0 Å². The fourth-order valence-electron chi connectivity index (χ4n) is 4.74. The van der Waals surface area contributed by atoms with Crippen LogP contribution in [0, 0.1) is 5.82 Å². The second kappa shape index (κ2) is 10.3. The highest BCUT2D eigenvalue weighted by Gasteiger charge is 2.41. The Balaban J connectivity index is 1.50. The molecule has 0 aliphatic carbocycles. The molecule has 7 heteroatoms. The van der Waals surface area contributed by atoms with Crippen LogP contribution in [-0.2, 0) is 16.9 Å². The maximum atomic E-state index is 13.5. The lowest BCUT2D eigenvalue weighted by molar-refractivity contribution is -0.118. The molecule has 0 radical (unpaired) electrons. The number of hydrogen-bond acceptors (Lipinski definition) is 3. The molecule has 0 aromatic heterocycles. The summed E-state index contributed by atoms with van der Waals surface area (Å²) in [6, 6.07) is 22.0. The molecule has 3 aromatic carbocycles. The summed E-state index contributed by atoms with van der Waals surface area (Å²) in [6.07, 6.45) is 1.06. The van der Waals surface area contributed by atoms with Crippen LogP contribution in [0.1, 0.15) is 48.9 Å². The predicted molar refractivity (Wildman–Crippen MR) is 135 cm³/mol. The maximum absolute atomic E-state index is 13.5. The molecule has 1 aliphatic heterocycles. The van der Waals surface area contributed by atoms with Gasteiger partial charge in [0.1, 0.15) is 5.82 Å². The van der Waals surface area contributed by atoms with Gasteiger partial charge in [-0.3, -0.25) is 4.79 Å². The highest BCUT2D eigenvalue weighted by Crippen LogP contribution is 2.36. The lowest BCUT2D eigenvalue weighted by Gasteiger charge is -2.45.